The SMILES string of the molecule is C[C@H](C1CCCC1[C@@H](c1ccccc1)N(C)C)P(C1CCCCC1)C1CCCCC1c1cccc([C@H]([C@@H]2CCCC2P(C2CCCCC2)C2CCCCC2)N(C)C)c1. The van der Waals surface area contributed by atoms with Crippen molar-refractivity contribution in [2.24, 2.45) is 17.8 Å². The molecule has 0 heterocycles. The van der Waals surface area contributed by atoms with Gasteiger partial charge in [-0.05, 0) is 180 Å². The third-order valence-corrected chi connectivity index (χ3v) is 25.7. The predicted octanol–water partition coefficient (Wildman–Crippen LogP) is 15.6. The molecule has 0 radical (unpaired) electrons. The molecule has 0 N–H and O–H groups in total. The zero-order valence-corrected chi connectivity index (χ0v) is 39.9. The highest BCUT2D eigenvalue weighted by atomic mass is 31.1. The lowest BCUT2D eigenvalue weighted by Crippen LogP contribution is -2.37. The van der Waals surface area contributed by atoms with Crippen molar-refractivity contribution >= 4 is 15.8 Å². The standard InChI is InChI=1S/C54H86N2P2/c1-40(47-34-21-35-49(47)53(55(2)3)41-23-10-6-11-24-41)57(44-27-12-7-13-28-44)51-37-19-18-33-48(51)42-25-20-26-43(39-42)54(56(4)5)50-36-22-38-52(50)58(45-29-14-8-15-30-45)46-31-16-9-17-32-46/h6,10-11,20,23-26,39-40,44-54H,7-9,12-19,21-22,27-38H2,1-5H3/t40-,47?,48?,49?,50-,51?,52?,53-,54-,57?/m1/s1. The van der Waals surface area contributed by atoms with Crippen molar-refractivity contribution in [2.45, 2.75) is 219 Å². The van der Waals surface area contributed by atoms with E-state index in [9.17, 15) is 0 Å². The molecule has 0 amide bonds. The van der Waals surface area contributed by atoms with Crippen LogP contribution in [0, 0.1) is 17.8 Å². The molecule has 10 atom stereocenters. The minimum absolute atomic E-state index is 0.0752. The summed E-state index contributed by atoms with van der Waals surface area (Å²) >= 11 is 0. The van der Waals surface area contributed by atoms with Crippen molar-refractivity contribution in [1.82, 2.24) is 9.80 Å². The molecule has 6 aliphatic carbocycles. The topological polar surface area (TPSA) is 6.48 Å². The van der Waals surface area contributed by atoms with Crippen molar-refractivity contribution in [3.05, 3.63) is 71.3 Å². The van der Waals surface area contributed by atoms with Crippen LogP contribution in [0.5, 0.6) is 0 Å². The lowest BCUT2D eigenvalue weighted by molar-refractivity contribution is 0.174. The van der Waals surface area contributed by atoms with Gasteiger partial charge in [-0.1, -0.05) is 161 Å². The average molecular weight is 825 g/mol. The monoisotopic (exact) mass is 825 g/mol. The number of hydrogen-bond donors (Lipinski definition) is 0. The van der Waals surface area contributed by atoms with Gasteiger partial charge in [0.15, 0.2) is 0 Å². The molecular weight excluding hydrogens is 739 g/mol. The molecule has 6 unspecified atom stereocenters. The van der Waals surface area contributed by atoms with Crippen molar-refractivity contribution in [1.29, 1.82) is 0 Å². The molecule has 6 aliphatic rings. The quantitative estimate of drug-likeness (QED) is 0.175. The normalized spacial score (nSPS) is 31.9. The summed E-state index contributed by atoms with van der Waals surface area (Å²) in [5.41, 5.74) is 10.8. The van der Waals surface area contributed by atoms with E-state index in [-0.39, 0.29) is 15.8 Å². The maximum Gasteiger partial charge on any atom is 0.0376 e. The van der Waals surface area contributed by atoms with E-state index < -0.39 is 0 Å². The molecule has 0 bridgehead atoms. The highest BCUT2D eigenvalue weighted by Gasteiger charge is 2.48. The summed E-state index contributed by atoms with van der Waals surface area (Å²) in [4.78, 5) is 5.30. The molecule has 0 saturated heterocycles. The molecular formula is C54H86N2P2. The van der Waals surface area contributed by atoms with Gasteiger partial charge in [-0.15, -0.1) is 0 Å². The Morgan fingerprint density at radius 3 is 1.59 bits per heavy atom. The van der Waals surface area contributed by atoms with Crippen molar-refractivity contribution in [3.63, 3.8) is 0 Å². The van der Waals surface area contributed by atoms with Gasteiger partial charge >= 0.3 is 0 Å². The van der Waals surface area contributed by atoms with Gasteiger partial charge in [-0.25, -0.2) is 0 Å². The van der Waals surface area contributed by atoms with E-state index >= 15 is 0 Å². The zero-order chi connectivity index (χ0) is 40.0. The van der Waals surface area contributed by atoms with Crippen LogP contribution in [0.3, 0.4) is 0 Å². The lowest BCUT2D eigenvalue weighted by Gasteiger charge is -2.49. The van der Waals surface area contributed by atoms with Crippen molar-refractivity contribution < 1.29 is 0 Å². The molecule has 0 aliphatic heterocycles. The van der Waals surface area contributed by atoms with Gasteiger partial charge in [-0.2, -0.15) is 0 Å². The Morgan fingerprint density at radius 1 is 0.448 bits per heavy atom. The first-order chi connectivity index (χ1) is 28.4. The number of rotatable bonds is 14. The summed E-state index contributed by atoms with van der Waals surface area (Å²) in [6.45, 7) is 2.82. The van der Waals surface area contributed by atoms with Crippen LogP contribution < -0.4 is 0 Å². The average Bonchev–Trinajstić information content (AvgIpc) is 3.93. The van der Waals surface area contributed by atoms with Crippen LogP contribution in [0.4, 0.5) is 0 Å². The predicted molar refractivity (Wildman–Crippen MR) is 257 cm³/mol. The number of nitrogens with zero attached hydrogens (tertiary/aromatic N) is 2. The number of benzene rings is 2. The van der Waals surface area contributed by atoms with E-state index in [1.807, 2.05) is 0 Å². The molecule has 2 nitrogen and oxygen atoms in total. The fraction of sp³-hybridized carbons (Fsp3) is 0.778. The van der Waals surface area contributed by atoms with Gasteiger partial charge in [0.1, 0.15) is 0 Å². The largest absolute Gasteiger partial charge is 0.302 e. The van der Waals surface area contributed by atoms with E-state index in [2.05, 4.69) is 99.5 Å². The molecule has 8 rings (SSSR count). The number of hydrogen-bond acceptors (Lipinski definition) is 2. The Hall–Kier alpha value is -0.780. The molecule has 6 fully saturated rings. The Morgan fingerprint density at radius 2 is 0.948 bits per heavy atom. The maximum absolute atomic E-state index is 2.85. The fourth-order valence-corrected chi connectivity index (χ4v) is 24.8. The van der Waals surface area contributed by atoms with Gasteiger partial charge in [-0.3, -0.25) is 0 Å². The van der Waals surface area contributed by atoms with Gasteiger partial charge in [0.2, 0.25) is 0 Å². The molecule has 322 valence electrons. The van der Waals surface area contributed by atoms with Gasteiger partial charge in [0.25, 0.3) is 0 Å². The van der Waals surface area contributed by atoms with Crippen LogP contribution in [-0.4, -0.2) is 71.9 Å². The second-order valence-electron chi connectivity index (χ2n) is 21.3. The van der Waals surface area contributed by atoms with Crippen LogP contribution in [0.1, 0.15) is 202 Å². The first-order valence-electron chi connectivity index (χ1n) is 25.4. The van der Waals surface area contributed by atoms with E-state index in [1.54, 1.807) is 42.4 Å². The van der Waals surface area contributed by atoms with Crippen LogP contribution in [0.15, 0.2) is 54.6 Å². The van der Waals surface area contributed by atoms with Crippen molar-refractivity contribution in [2.75, 3.05) is 28.2 Å². The minimum Gasteiger partial charge on any atom is -0.302 e. The molecule has 0 aromatic heterocycles. The minimum atomic E-state index is -0.0752. The first-order valence-corrected chi connectivity index (χ1v) is 28.5. The molecule has 6 saturated carbocycles. The smallest absolute Gasteiger partial charge is 0.0376 e. The van der Waals surface area contributed by atoms with Crippen LogP contribution in [-0.2, 0) is 0 Å². The molecule has 58 heavy (non-hydrogen) atoms. The third kappa shape index (κ3) is 9.87. The van der Waals surface area contributed by atoms with E-state index in [0.29, 0.717) is 12.1 Å². The molecule has 2 aromatic carbocycles. The Labute approximate surface area is 360 Å². The van der Waals surface area contributed by atoms with E-state index in [0.717, 1.165) is 57.6 Å². The van der Waals surface area contributed by atoms with E-state index in [4.69, 9.17) is 0 Å². The summed E-state index contributed by atoms with van der Waals surface area (Å²) in [6.07, 6.45) is 37.4. The second-order valence-corrected chi connectivity index (χ2v) is 27.4. The lowest BCUT2D eigenvalue weighted by atomic mass is 9.81. The first kappa shape index (κ1) is 43.9. The Bertz CT molecular complexity index is 1490. The third-order valence-electron chi connectivity index (χ3n) is 17.5. The highest BCUT2D eigenvalue weighted by molar-refractivity contribution is 7.60. The van der Waals surface area contributed by atoms with Gasteiger partial charge in [0, 0.05) is 12.1 Å². The summed E-state index contributed by atoms with van der Waals surface area (Å²) < 4.78 is 0. The maximum atomic E-state index is 2.85. The Balaban J connectivity index is 1.09. The zero-order valence-electron chi connectivity index (χ0n) is 38.1. The second kappa shape index (κ2) is 21.1. The van der Waals surface area contributed by atoms with Gasteiger partial charge in [0.05, 0.1) is 0 Å². The van der Waals surface area contributed by atoms with Crippen LogP contribution >= 0.6 is 15.8 Å². The highest BCUT2D eigenvalue weighted by Crippen LogP contribution is 2.67. The summed E-state index contributed by atoms with van der Waals surface area (Å²) in [5, 5.41) is 0. The summed E-state index contributed by atoms with van der Waals surface area (Å²) in [6, 6.07) is 23.4. The summed E-state index contributed by atoms with van der Waals surface area (Å²) in [5.74, 6) is 3.23. The molecule has 2 aromatic rings. The van der Waals surface area contributed by atoms with Gasteiger partial charge < -0.3 is 9.80 Å². The Kier molecular flexibility index (Phi) is 15.9. The van der Waals surface area contributed by atoms with Crippen molar-refractivity contribution in [3.8, 4) is 0 Å². The van der Waals surface area contributed by atoms with E-state index in [1.165, 1.54) is 135 Å². The van der Waals surface area contributed by atoms with Crippen LogP contribution in [0.2, 0.25) is 0 Å². The molecule has 0 spiro atoms. The molecule has 4 heteroatoms. The fourth-order valence-electron chi connectivity index (χ4n) is 15.2. The van der Waals surface area contributed by atoms with Crippen LogP contribution in [0.25, 0.3) is 0 Å². The summed E-state index contributed by atoms with van der Waals surface area (Å²) in [7, 11) is 9.68.